The number of esters is 1. The van der Waals surface area contributed by atoms with Crippen molar-refractivity contribution in [2.75, 3.05) is 26.3 Å². The smallest absolute Gasteiger partial charge is 0.312 e. The fraction of sp³-hybridized carbons (Fsp3) is 0.759. The predicted molar refractivity (Wildman–Crippen MR) is 142 cm³/mol. The summed E-state index contributed by atoms with van der Waals surface area (Å²) in [5.41, 5.74) is -1.93. The van der Waals surface area contributed by atoms with E-state index in [1.165, 1.54) is 4.90 Å². The lowest BCUT2D eigenvalue weighted by Crippen LogP contribution is -2.58. The van der Waals surface area contributed by atoms with Gasteiger partial charge in [-0.05, 0) is 51.9 Å². The molecule has 3 aliphatic rings. The van der Waals surface area contributed by atoms with Crippen molar-refractivity contribution in [2.24, 2.45) is 11.8 Å². The van der Waals surface area contributed by atoms with Crippen molar-refractivity contribution in [3.05, 3.63) is 25.3 Å². The minimum Gasteiger partial charge on any atom is -0.465 e. The molecule has 2 unspecified atom stereocenters. The van der Waals surface area contributed by atoms with E-state index in [1.807, 2.05) is 13.0 Å². The molecule has 1 spiro atoms. The van der Waals surface area contributed by atoms with Crippen molar-refractivity contribution >= 4 is 17.8 Å². The monoisotopic (exact) mass is 518 g/mol. The Morgan fingerprint density at radius 3 is 2.59 bits per heavy atom. The van der Waals surface area contributed by atoms with Gasteiger partial charge in [-0.15, -0.1) is 13.2 Å². The van der Waals surface area contributed by atoms with Gasteiger partial charge in [0.05, 0.1) is 30.8 Å². The van der Waals surface area contributed by atoms with Gasteiger partial charge in [0.15, 0.2) is 0 Å². The van der Waals surface area contributed by atoms with Gasteiger partial charge >= 0.3 is 5.97 Å². The number of nitrogens with zero attached hydrogens (tertiary/aromatic N) is 2. The van der Waals surface area contributed by atoms with Crippen LogP contribution in [0.1, 0.15) is 78.6 Å². The van der Waals surface area contributed by atoms with Gasteiger partial charge in [-0.2, -0.15) is 0 Å². The van der Waals surface area contributed by atoms with Crippen LogP contribution in [0.3, 0.4) is 0 Å². The van der Waals surface area contributed by atoms with E-state index in [0.29, 0.717) is 32.4 Å². The van der Waals surface area contributed by atoms with Crippen LogP contribution in [-0.4, -0.2) is 82.3 Å². The van der Waals surface area contributed by atoms with E-state index in [-0.39, 0.29) is 25.0 Å². The van der Waals surface area contributed by atoms with E-state index in [0.717, 1.165) is 38.5 Å². The van der Waals surface area contributed by atoms with E-state index in [9.17, 15) is 19.5 Å². The molecule has 8 nitrogen and oxygen atoms in total. The van der Waals surface area contributed by atoms with E-state index in [1.54, 1.807) is 17.9 Å². The van der Waals surface area contributed by atoms with E-state index < -0.39 is 41.1 Å². The first-order valence-corrected chi connectivity index (χ1v) is 14.1. The number of carbonyl (C=O) groups excluding carboxylic acids is 3. The maximum atomic E-state index is 14.2. The van der Waals surface area contributed by atoms with Gasteiger partial charge in [-0.25, -0.2) is 0 Å². The van der Waals surface area contributed by atoms with Crippen LogP contribution in [-0.2, 0) is 23.9 Å². The molecule has 8 heteroatoms. The average Bonchev–Trinajstić information content (AvgIpc) is 3.50. The highest BCUT2D eigenvalue weighted by molar-refractivity contribution is 5.98. The normalized spacial score (nSPS) is 30.8. The molecular weight excluding hydrogens is 472 g/mol. The van der Waals surface area contributed by atoms with Crippen molar-refractivity contribution in [3.8, 4) is 0 Å². The first kappa shape index (κ1) is 29.4. The Hall–Kier alpha value is -2.19. The minimum absolute atomic E-state index is 0.197. The number of amides is 2. The quantitative estimate of drug-likeness (QED) is 0.190. The standard InChI is InChI=1S/C29H46N2O6/c1-6-10-12-14-19-36-27(35)23-22-25(33)31(21(5)20-32)24(29(22)16-15-28(23,9-4)37-29)26(34)30(17-8-3)18-13-11-7-2/h6,8,21-24,32H,1,3,7,9-20H2,2,4-5H3/t21-,22+,23+,24?,28-,29?/m1/s1. The molecule has 3 rings (SSSR count). The van der Waals surface area contributed by atoms with Crippen molar-refractivity contribution in [1.82, 2.24) is 9.80 Å². The summed E-state index contributed by atoms with van der Waals surface area (Å²) in [4.78, 5) is 45.0. The zero-order valence-corrected chi connectivity index (χ0v) is 23.0. The molecule has 2 amide bonds. The molecule has 0 aliphatic carbocycles. The van der Waals surface area contributed by atoms with Crippen molar-refractivity contribution in [1.29, 1.82) is 0 Å². The molecule has 0 radical (unpaired) electrons. The van der Waals surface area contributed by atoms with Crippen LogP contribution in [0.25, 0.3) is 0 Å². The van der Waals surface area contributed by atoms with Gasteiger partial charge in [0.2, 0.25) is 11.8 Å². The summed E-state index contributed by atoms with van der Waals surface area (Å²) in [6, 6.07) is -1.48. The lowest BCUT2D eigenvalue weighted by Gasteiger charge is -2.38. The Morgan fingerprint density at radius 2 is 1.97 bits per heavy atom. The van der Waals surface area contributed by atoms with Crippen LogP contribution < -0.4 is 0 Å². The van der Waals surface area contributed by atoms with Gasteiger partial charge in [-0.1, -0.05) is 38.8 Å². The van der Waals surface area contributed by atoms with Crippen LogP contribution >= 0.6 is 0 Å². The van der Waals surface area contributed by atoms with Crippen molar-refractivity contribution in [3.63, 3.8) is 0 Å². The summed E-state index contributed by atoms with van der Waals surface area (Å²) < 4.78 is 12.4. The van der Waals surface area contributed by atoms with Crippen LogP contribution in [0.15, 0.2) is 25.3 Å². The number of hydrogen-bond acceptors (Lipinski definition) is 6. The second-order valence-electron chi connectivity index (χ2n) is 10.8. The van der Waals surface area contributed by atoms with Crippen molar-refractivity contribution in [2.45, 2.75) is 102 Å². The summed E-state index contributed by atoms with van der Waals surface area (Å²) in [6.07, 6.45) is 10.5. The highest BCUT2D eigenvalue weighted by Crippen LogP contribution is 2.64. The Balaban J connectivity index is 1.96. The molecule has 208 valence electrons. The zero-order valence-electron chi connectivity index (χ0n) is 23.0. The lowest BCUT2D eigenvalue weighted by molar-refractivity contribution is -0.163. The summed E-state index contributed by atoms with van der Waals surface area (Å²) in [7, 11) is 0. The minimum atomic E-state index is -1.11. The SMILES string of the molecule is C=CCCCCOC(=O)[C@@H]1[C@H]2C(=O)N([C@H](C)CO)C(C(=O)N(CC=C)CCCCC)C23CC[C@@]1(CC)O3. The second kappa shape index (κ2) is 12.6. The van der Waals surface area contributed by atoms with Crippen molar-refractivity contribution < 1.29 is 29.0 Å². The first-order valence-electron chi connectivity index (χ1n) is 14.1. The average molecular weight is 519 g/mol. The number of unbranched alkanes of at least 4 members (excludes halogenated alkanes) is 4. The highest BCUT2D eigenvalue weighted by atomic mass is 16.6. The number of rotatable bonds is 16. The van der Waals surface area contributed by atoms with Gasteiger partial charge in [0.25, 0.3) is 0 Å². The fourth-order valence-electron chi connectivity index (χ4n) is 6.68. The van der Waals surface area contributed by atoms with E-state index >= 15 is 0 Å². The molecule has 0 aromatic carbocycles. The van der Waals surface area contributed by atoms with E-state index in [4.69, 9.17) is 9.47 Å². The third kappa shape index (κ3) is 5.24. The van der Waals surface area contributed by atoms with Gasteiger partial charge in [0, 0.05) is 13.1 Å². The Bertz CT molecular complexity index is 861. The van der Waals surface area contributed by atoms with Gasteiger partial charge in [0.1, 0.15) is 17.6 Å². The number of fused-ring (bicyclic) bond motifs is 1. The fourth-order valence-corrected chi connectivity index (χ4v) is 6.68. The number of carbonyl (C=O) groups is 3. The number of aliphatic hydroxyl groups excluding tert-OH is 1. The number of aliphatic hydroxyl groups is 1. The summed E-state index contributed by atoms with van der Waals surface area (Å²) in [5.74, 6) is -2.48. The molecule has 37 heavy (non-hydrogen) atoms. The third-order valence-electron chi connectivity index (χ3n) is 8.59. The number of allylic oxidation sites excluding steroid dienone is 1. The topological polar surface area (TPSA) is 96.4 Å². The summed E-state index contributed by atoms with van der Waals surface area (Å²) in [6.45, 7) is 14.3. The molecule has 3 heterocycles. The Labute approximate surface area is 222 Å². The zero-order chi connectivity index (χ0) is 27.2. The van der Waals surface area contributed by atoms with Gasteiger partial charge < -0.3 is 24.4 Å². The van der Waals surface area contributed by atoms with Crippen LogP contribution in [0.5, 0.6) is 0 Å². The maximum Gasteiger partial charge on any atom is 0.312 e. The molecule has 0 saturated carbocycles. The maximum absolute atomic E-state index is 14.2. The number of ether oxygens (including phenoxy) is 2. The Kier molecular flexibility index (Phi) is 9.98. The lowest BCUT2D eigenvalue weighted by atomic mass is 9.65. The number of likely N-dealkylation sites (tertiary alicyclic amines) is 1. The molecule has 1 N–H and O–H groups in total. The van der Waals surface area contributed by atoms with E-state index in [2.05, 4.69) is 20.1 Å². The molecule has 0 aromatic rings. The molecular formula is C29H46N2O6. The molecule has 6 atom stereocenters. The molecule has 3 aliphatic heterocycles. The van der Waals surface area contributed by atoms with Crippen LogP contribution in [0, 0.1) is 11.8 Å². The van der Waals surface area contributed by atoms with Crippen LogP contribution in [0.4, 0.5) is 0 Å². The van der Waals surface area contributed by atoms with Gasteiger partial charge in [-0.3, -0.25) is 14.4 Å². The molecule has 2 bridgehead atoms. The third-order valence-corrected chi connectivity index (χ3v) is 8.59. The highest BCUT2D eigenvalue weighted by Gasteiger charge is 2.79. The largest absolute Gasteiger partial charge is 0.465 e. The molecule has 0 aromatic heterocycles. The molecule has 3 saturated heterocycles. The molecule has 3 fully saturated rings. The summed E-state index contributed by atoms with van der Waals surface area (Å²) >= 11 is 0. The Morgan fingerprint density at radius 1 is 1.22 bits per heavy atom. The summed E-state index contributed by atoms with van der Waals surface area (Å²) in [5, 5.41) is 10.0. The second-order valence-corrected chi connectivity index (χ2v) is 10.8. The first-order chi connectivity index (χ1) is 17.8. The number of hydrogen-bond donors (Lipinski definition) is 1. The van der Waals surface area contributed by atoms with Crippen LogP contribution in [0.2, 0.25) is 0 Å². The predicted octanol–water partition coefficient (Wildman–Crippen LogP) is 3.63.